The van der Waals surface area contributed by atoms with Gasteiger partial charge >= 0.3 is 5.97 Å². The fourth-order valence-electron chi connectivity index (χ4n) is 1.42. The van der Waals surface area contributed by atoms with Gasteiger partial charge in [0.1, 0.15) is 0 Å². The number of carbonyl (C=O) groups is 1. The van der Waals surface area contributed by atoms with Crippen molar-refractivity contribution in [2.45, 2.75) is 20.3 Å². The molecular weight excluding hydrogens is 276 g/mol. The molecule has 1 aromatic heterocycles. The lowest BCUT2D eigenvalue weighted by molar-refractivity contribution is -0.146. The summed E-state index contributed by atoms with van der Waals surface area (Å²) in [4.78, 5) is 12.7. The number of carbonyl (C=O) groups excluding carboxylic acids is 1. The van der Waals surface area contributed by atoms with E-state index in [2.05, 4.69) is 22.0 Å². The Morgan fingerprint density at radius 2 is 2.27 bits per heavy atom. The molecule has 15 heavy (non-hydrogen) atoms. The molecule has 0 saturated carbocycles. The number of thiophene rings is 1. The van der Waals surface area contributed by atoms with Crippen LogP contribution in [0.15, 0.2) is 15.9 Å². The Labute approximate surface area is 103 Å². The number of halogens is 1. The Morgan fingerprint density at radius 3 is 2.67 bits per heavy atom. The summed E-state index contributed by atoms with van der Waals surface area (Å²) in [7, 11) is 1.45. The predicted octanol–water partition coefficient (Wildman–Crippen LogP) is 3.50. The summed E-state index contributed by atoms with van der Waals surface area (Å²) in [6, 6.07) is 2.06. The molecule has 4 heteroatoms. The van der Waals surface area contributed by atoms with Gasteiger partial charge in [-0.2, -0.15) is 0 Å². The van der Waals surface area contributed by atoms with Crippen LogP contribution in [0.1, 0.15) is 18.7 Å². The van der Waals surface area contributed by atoms with Crippen molar-refractivity contribution in [1.82, 2.24) is 0 Å². The molecule has 0 amide bonds. The molecule has 0 fully saturated rings. The molecular formula is C11H15BrO2S. The predicted molar refractivity (Wildman–Crippen MR) is 66.1 cm³/mol. The first kappa shape index (κ1) is 12.7. The van der Waals surface area contributed by atoms with Crippen LogP contribution in [0, 0.1) is 11.8 Å². The molecule has 0 radical (unpaired) electrons. The molecule has 0 bridgehead atoms. The lowest BCUT2D eigenvalue weighted by Gasteiger charge is -2.17. The summed E-state index contributed by atoms with van der Waals surface area (Å²) in [6.45, 7) is 4.09. The fraction of sp³-hybridized carbons (Fsp3) is 0.545. The SMILES string of the molecule is COC(=O)C(Cc1cc(Br)cs1)C(C)C. The van der Waals surface area contributed by atoms with Gasteiger partial charge in [-0.1, -0.05) is 13.8 Å². The zero-order valence-electron chi connectivity index (χ0n) is 9.12. The molecule has 1 heterocycles. The van der Waals surface area contributed by atoms with E-state index in [0.29, 0.717) is 5.92 Å². The summed E-state index contributed by atoms with van der Waals surface area (Å²) in [5.41, 5.74) is 0. The Hall–Kier alpha value is -0.350. The Bertz CT molecular complexity index is 333. The van der Waals surface area contributed by atoms with Gasteiger partial charge < -0.3 is 4.74 Å². The molecule has 0 aliphatic carbocycles. The van der Waals surface area contributed by atoms with E-state index in [9.17, 15) is 4.79 Å². The molecule has 0 aliphatic rings. The van der Waals surface area contributed by atoms with Crippen LogP contribution in [-0.4, -0.2) is 13.1 Å². The number of ether oxygens (including phenoxy) is 1. The molecule has 1 aromatic rings. The molecule has 2 nitrogen and oxygen atoms in total. The van der Waals surface area contributed by atoms with Gasteiger partial charge in [0, 0.05) is 14.7 Å². The summed E-state index contributed by atoms with van der Waals surface area (Å²) >= 11 is 5.08. The number of esters is 1. The third kappa shape index (κ3) is 3.61. The van der Waals surface area contributed by atoms with Crippen molar-refractivity contribution in [3.05, 3.63) is 20.8 Å². The normalized spacial score (nSPS) is 12.9. The van der Waals surface area contributed by atoms with Crippen molar-refractivity contribution in [2.24, 2.45) is 11.8 Å². The quantitative estimate of drug-likeness (QED) is 0.794. The Balaban J connectivity index is 2.71. The van der Waals surface area contributed by atoms with Crippen molar-refractivity contribution < 1.29 is 9.53 Å². The molecule has 0 N–H and O–H groups in total. The van der Waals surface area contributed by atoms with Crippen molar-refractivity contribution in [1.29, 1.82) is 0 Å². The molecule has 0 saturated heterocycles. The third-order valence-corrected chi connectivity index (χ3v) is 4.07. The van der Waals surface area contributed by atoms with Crippen LogP contribution in [0.2, 0.25) is 0 Å². The van der Waals surface area contributed by atoms with E-state index in [1.807, 2.05) is 19.2 Å². The van der Waals surface area contributed by atoms with Gasteiger partial charge in [0.05, 0.1) is 13.0 Å². The van der Waals surface area contributed by atoms with Crippen LogP contribution in [0.3, 0.4) is 0 Å². The zero-order valence-corrected chi connectivity index (χ0v) is 11.5. The molecule has 0 aromatic carbocycles. The zero-order chi connectivity index (χ0) is 11.4. The molecule has 0 spiro atoms. The van der Waals surface area contributed by atoms with Crippen molar-refractivity contribution >= 4 is 33.2 Å². The van der Waals surface area contributed by atoms with Crippen LogP contribution in [0.5, 0.6) is 0 Å². The lowest BCUT2D eigenvalue weighted by Crippen LogP contribution is -2.23. The highest BCUT2D eigenvalue weighted by molar-refractivity contribution is 9.10. The Morgan fingerprint density at radius 1 is 1.60 bits per heavy atom. The summed E-state index contributed by atoms with van der Waals surface area (Å²) in [5, 5.41) is 2.03. The van der Waals surface area contributed by atoms with Crippen LogP contribution in [0.4, 0.5) is 0 Å². The van der Waals surface area contributed by atoms with Gasteiger partial charge in [-0.05, 0) is 34.3 Å². The fourth-order valence-corrected chi connectivity index (χ4v) is 2.93. The molecule has 1 rings (SSSR count). The highest BCUT2D eigenvalue weighted by atomic mass is 79.9. The number of hydrogen-bond acceptors (Lipinski definition) is 3. The first-order valence-electron chi connectivity index (χ1n) is 4.85. The summed E-state index contributed by atoms with van der Waals surface area (Å²) in [6.07, 6.45) is 0.764. The van der Waals surface area contributed by atoms with Crippen LogP contribution >= 0.6 is 27.3 Å². The Kier molecular flexibility index (Phi) is 4.80. The largest absolute Gasteiger partial charge is 0.469 e. The highest BCUT2D eigenvalue weighted by Gasteiger charge is 2.23. The van der Waals surface area contributed by atoms with Gasteiger partial charge in [-0.3, -0.25) is 4.79 Å². The smallest absolute Gasteiger partial charge is 0.309 e. The van der Waals surface area contributed by atoms with Gasteiger partial charge in [0.25, 0.3) is 0 Å². The van der Waals surface area contributed by atoms with Crippen LogP contribution in [0.25, 0.3) is 0 Å². The first-order chi connectivity index (χ1) is 7.04. The van der Waals surface area contributed by atoms with Crippen molar-refractivity contribution in [3.8, 4) is 0 Å². The maximum absolute atomic E-state index is 11.5. The maximum atomic E-state index is 11.5. The van der Waals surface area contributed by atoms with E-state index in [4.69, 9.17) is 4.74 Å². The minimum atomic E-state index is -0.116. The second-order valence-corrected chi connectivity index (χ2v) is 5.72. The third-order valence-electron chi connectivity index (χ3n) is 2.35. The van der Waals surface area contributed by atoms with E-state index >= 15 is 0 Å². The number of hydrogen-bond donors (Lipinski definition) is 0. The highest BCUT2D eigenvalue weighted by Crippen LogP contribution is 2.25. The van der Waals surface area contributed by atoms with Crippen molar-refractivity contribution in [2.75, 3.05) is 7.11 Å². The minimum absolute atomic E-state index is 0.0412. The average molecular weight is 291 g/mol. The summed E-state index contributed by atoms with van der Waals surface area (Å²) in [5.74, 6) is 0.147. The van der Waals surface area contributed by atoms with E-state index in [-0.39, 0.29) is 11.9 Å². The van der Waals surface area contributed by atoms with Gasteiger partial charge in [-0.15, -0.1) is 11.3 Å². The van der Waals surface area contributed by atoms with E-state index in [0.717, 1.165) is 10.9 Å². The molecule has 1 unspecified atom stereocenters. The van der Waals surface area contributed by atoms with E-state index in [1.165, 1.54) is 12.0 Å². The lowest BCUT2D eigenvalue weighted by atomic mass is 9.92. The number of rotatable bonds is 4. The minimum Gasteiger partial charge on any atom is -0.469 e. The number of methoxy groups -OCH3 is 1. The van der Waals surface area contributed by atoms with Gasteiger partial charge in [-0.25, -0.2) is 0 Å². The first-order valence-corrected chi connectivity index (χ1v) is 6.52. The van der Waals surface area contributed by atoms with E-state index in [1.54, 1.807) is 11.3 Å². The summed E-state index contributed by atoms with van der Waals surface area (Å²) < 4.78 is 5.89. The second-order valence-electron chi connectivity index (χ2n) is 3.81. The molecule has 1 atom stereocenters. The monoisotopic (exact) mass is 290 g/mol. The van der Waals surface area contributed by atoms with Crippen LogP contribution in [-0.2, 0) is 16.0 Å². The molecule has 0 aliphatic heterocycles. The topological polar surface area (TPSA) is 26.3 Å². The standard InChI is InChI=1S/C11H15BrO2S/c1-7(2)10(11(13)14-3)5-9-4-8(12)6-15-9/h4,6-7,10H,5H2,1-3H3. The van der Waals surface area contributed by atoms with E-state index < -0.39 is 0 Å². The maximum Gasteiger partial charge on any atom is 0.309 e. The molecule has 84 valence electrons. The second kappa shape index (κ2) is 5.66. The van der Waals surface area contributed by atoms with Crippen molar-refractivity contribution in [3.63, 3.8) is 0 Å². The van der Waals surface area contributed by atoms with Gasteiger partial charge in [0.15, 0.2) is 0 Å². The van der Waals surface area contributed by atoms with Crippen LogP contribution < -0.4 is 0 Å². The average Bonchev–Trinajstić information content (AvgIpc) is 2.59. The van der Waals surface area contributed by atoms with Gasteiger partial charge in [0.2, 0.25) is 0 Å².